The van der Waals surface area contributed by atoms with Crippen LogP contribution in [0.3, 0.4) is 0 Å². The minimum absolute atomic E-state index is 0.159. The molecule has 1 N–H and O–H groups in total. The lowest BCUT2D eigenvalue weighted by molar-refractivity contribution is 0.519. The highest BCUT2D eigenvalue weighted by Crippen LogP contribution is 2.25. The monoisotopic (exact) mass is 230 g/mol. The van der Waals surface area contributed by atoms with Gasteiger partial charge in [0.25, 0.3) is 0 Å². The molecule has 0 aliphatic carbocycles. The van der Waals surface area contributed by atoms with Crippen LogP contribution in [0.15, 0.2) is 35.1 Å². The quantitative estimate of drug-likeness (QED) is 0.877. The van der Waals surface area contributed by atoms with Crippen molar-refractivity contribution in [1.29, 1.82) is 0 Å². The molecule has 17 heavy (non-hydrogen) atoms. The molecule has 0 saturated carbocycles. The summed E-state index contributed by atoms with van der Waals surface area (Å²) < 4.78 is 5.38. The molecule has 90 valence electrons. The van der Waals surface area contributed by atoms with Crippen LogP contribution in [-0.4, -0.2) is 11.5 Å². The number of aromatic nitrogens is 1. The van der Waals surface area contributed by atoms with E-state index in [1.807, 2.05) is 32.2 Å². The second-order valence-electron chi connectivity index (χ2n) is 4.16. The molecule has 2 aromatic rings. The van der Waals surface area contributed by atoms with E-state index in [2.05, 4.69) is 23.3 Å². The smallest absolute Gasteiger partial charge is 0.105 e. The summed E-state index contributed by atoms with van der Waals surface area (Å²) in [4.78, 5) is 4.35. The zero-order valence-electron chi connectivity index (χ0n) is 10.5. The van der Waals surface area contributed by atoms with Crippen molar-refractivity contribution in [2.75, 3.05) is 6.54 Å². The summed E-state index contributed by atoms with van der Waals surface area (Å²) in [5, 5.41) is 3.46. The van der Waals surface area contributed by atoms with Gasteiger partial charge in [0.2, 0.25) is 0 Å². The fraction of sp³-hybridized carbons (Fsp3) is 0.357. The van der Waals surface area contributed by atoms with Gasteiger partial charge in [-0.25, -0.2) is 0 Å². The molecule has 0 spiro atoms. The number of furan rings is 1. The highest BCUT2D eigenvalue weighted by Gasteiger charge is 2.16. The summed E-state index contributed by atoms with van der Waals surface area (Å²) in [6.45, 7) is 6.99. The second-order valence-corrected chi connectivity index (χ2v) is 4.16. The van der Waals surface area contributed by atoms with Crippen LogP contribution in [0.25, 0.3) is 0 Å². The van der Waals surface area contributed by atoms with Crippen LogP contribution in [0.4, 0.5) is 0 Å². The first-order chi connectivity index (χ1) is 8.22. The minimum Gasteiger partial charge on any atom is -0.469 e. The van der Waals surface area contributed by atoms with Crippen molar-refractivity contribution < 1.29 is 4.42 Å². The van der Waals surface area contributed by atoms with Crippen molar-refractivity contribution in [2.45, 2.75) is 26.8 Å². The first-order valence-corrected chi connectivity index (χ1v) is 5.92. The maximum absolute atomic E-state index is 5.38. The fourth-order valence-electron chi connectivity index (χ4n) is 1.96. The van der Waals surface area contributed by atoms with Gasteiger partial charge >= 0.3 is 0 Å². The zero-order chi connectivity index (χ0) is 12.3. The Morgan fingerprint density at radius 1 is 1.29 bits per heavy atom. The normalized spacial score (nSPS) is 12.6. The van der Waals surface area contributed by atoms with Gasteiger partial charge in [0.15, 0.2) is 0 Å². The Kier molecular flexibility index (Phi) is 3.59. The van der Waals surface area contributed by atoms with E-state index in [0.717, 1.165) is 18.0 Å². The molecule has 3 heteroatoms. The summed E-state index contributed by atoms with van der Waals surface area (Å²) >= 11 is 0. The molecule has 0 aliphatic rings. The topological polar surface area (TPSA) is 38.1 Å². The number of hydrogen-bond acceptors (Lipinski definition) is 3. The van der Waals surface area contributed by atoms with Crippen molar-refractivity contribution >= 4 is 0 Å². The molecule has 0 aliphatic heterocycles. The van der Waals surface area contributed by atoms with E-state index in [0.29, 0.717) is 0 Å². The highest BCUT2D eigenvalue weighted by molar-refractivity contribution is 5.31. The molecule has 2 rings (SSSR count). The van der Waals surface area contributed by atoms with E-state index in [4.69, 9.17) is 4.42 Å². The number of aryl methyl sites for hydroxylation is 2. The van der Waals surface area contributed by atoms with Crippen LogP contribution in [0, 0.1) is 13.8 Å². The largest absolute Gasteiger partial charge is 0.469 e. The third-order valence-corrected chi connectivity index (χ3v) is 2.89. The lowest BCUT2D eigenvalue weighted by Gasteiger charge is -2.17. The van der Waals surface area contributed by atoms with E-state index < -0.39 is 0 Å². The molecule has 2 aromatic heterocycles. The van der Waals surface area contributed by atoms with Crippen LogP contribution >= 0.6 is 0 Å². The van der Waals surface area contributed by atoms with Crippen molar-refractivity contribution in [3.63, 3.8) is 0 Å². The van der Waals surface area contributed by atoms with Crippen LogP contribution < -0.4 is 5.32 Å². The fourth-order valence-corrected chi connectivity index (χ4v) is 1.96. The summed E-state index contributed by atoms with van der Waals surface area (Å²) in [6, 6.07) is 6.33. The predicted molar refractivity (Wildman–Crippen MR) is 67.9 cm³/mol. The molecule has 2 heterocycles. The van der Waals surface area contributed by atoms with Gasteiger partial charge < -0.3 is 9.73 Å². The SMILES string of the molecule is CCNC(c1ccc(C)nc1)c1ccoc1C. The summed E-state index contributed by atoms with van der Waals surface area (Å²) in [5.74, 6) is 0.955. The third-order valence-electron chi connectivity index (χ3n) is 2.89. The Labute approximate surface area is 102 Å². The zero-order valence-corrected chi connectivity index (χ0v) is 10.5. The van der Waals surface area contributed by atoms with Gasteiger partial charge in [0.05, 0.1) is 12.3 Å². The van der Waals surface area contributed by atoms with E-state index in [-0.39, 0.29) is 6.04 Å². The van der Waals surface area contributed by atoms with E-state index >= 15 is 0 Å². The maximum atomic E-state index is 5.38. The average molecular weight is 230 g/mol. The Balaban J connectivity index is 2.35. The van der Waals surface area contributed by atoms with E-state index in [1.54, 1.807) is 6.26 Å². The number of hydrogen-bond donors (Lipinski definition) is 1. The molecule has 1 unspecified atom stereocenters. The predicted octanol–water partition coefficient (Wildman–Crippen LogP) is 2.99. The lowest BCUT2D eigenvalue weighted by Crippen LogP contribution is -2.22. The van der Waals surface area contributed by atoms with Gasteiger partial charge in [-0.3, -0.25) is 4.98 Å². The van der Waals surface area contributed by atoms with E-state index in [9.17, 15) is 0 Å². The molecule has 0 amide bonds. The van der Waals surface area contributed by atoms with Gasteiger partial charge in [-0.15, -0.1) is 0 Å². The number of nitrogens with one attached hydrogen (secondary N) is 1. The lowest BCUT2D eigenvalue weighted by atomic mass is 10.0. The van der Waals surface area contributed by atoms with Crippen molar-refractivity contribution in [2.24, 2.45) is 0 Å². The van der Waals surface area contributed by atoms with Crippen LogP contribution in [0.5, 0.6) is 0 Å². The summed E-state index contributed by atoms with van der Waals surface area (Å²) in [7, 11) is 0. The molecule has 0 fully saturated rings. The molecule has 0 saturated heterocycles. The van der Waals surface area contributed by atoms with Gasteiger partial charge in [0, 0.05) is 17.5 Å². The first kappa shape index (κ1) is 11.9. The highest BCUT2D eigenvalue weighted by atomic mass is 16.3. The maximum Gasteiger partial charge on any atom is 0.105 e. The van der Waals surface area contributed by atoms with Crippen molar-refractivity contribution in [3.8, 4) is 0 Å². The first-order valence-electron chi connectivity index (χ1n) is 5.92. The minimum atomic E-state index is 0.159. The number of nitrogens with zero attached hydrogens (tertiary/aromatic N) is 1. The second kappa shape index (κ2) is 5.15. The van der Waals surface area contributed by atoms with Gasteiger partial charge in [-0.1, -0.05) is 13.0 Å². The van der Waals surface area contributed by atoms with Crippen molar-refractivity contribution in [3.05, 3.63) is 53.2 Å². The van der Waals surface area contributed by atoms with Crippen LogP contribution in [-0.2, 0) is 0 Å². The molecule has 0 bridgehead atoms. The van der Waals surface area contributed by atoms with Gasteiger partial charge in [-0.05, 0) is 38.1 Å². The Morgan fingerprint density at radius 3 is 2.65 bits per heavy atom. The molecular weight excluding hydrogens is 212 g/mol. The van der Waals surface area contributed by atoms with Crippen molar-refractivity contribution in [1.82, 2.24) is 10.3 Å². The molecular formula is C14H18N2O. The van der Waals surface area contributed by atoms with Gasteiger partial charge in [-0.2, -0.15) is 0 Å². The summed E-state index contributed by atoms with van der Waals surface area (Å²) in [6.07, 6.45) is 3.66. The third kappa shape index (κ3) is 2.56. The molecule has 1 atom stereocenters. The van der Waals surface area contributed by atoms with Crippen LogP contribution in [0.2, 0.25) is 0 Å². The van der Waals surface area contributed by atoms with Gasteiger partial charge in [0.1, 0.15) is 5.76 Å². The van der Waals surface area contributed by atoms with Crippen LogP contribution in [0.1, 0.15) is 35.5 Å². The Bertz CT molecular complexity index is 473. The Hall–Kier alpha value is -1.61. The molecule has 0 aromatic carbocycles. The number of rotatable bonds is 4. The van der Waals surface area contributed by atoms with E-state index in [1.165, 1.54) is 11.1 Å². The Morgan fingerprint density at radius 2 is 2.12 bits per heavy atom. The number of pyridine rings is 1. The summed E-state index contributed by atoms with van der Waals surface area (Å²) in [5.41, 5.74) is 3.38. The average Bonchev–Trinajstić information content (AvgIpc) is 2.74. The molecule has 0 radical (unpaired) electrons. The molecule has 3 nitrogen and oxygen atoms in total. The standard InChI is InChI=1S/C14H18N2O/c1-4-15-14(13-7-8-17-11(13)3)12-6-5-10(2)16-9-12/h5-9,14-15H,4H2,1-3H3.